The number of aromatic amines is 1. The lowest BCUT2D eigenvalue weighted by Gasteiger charge is -1.98. The molecule has 0 aliphatic rings. The Kier molecular flexibility index (Phi) is 1.92. The van der Waals surface area contributed by atoms with Crippen molar-refractivity contribution in [2.45, 2.75) is 0 Å². The highest BCUT2D eigenvalue weighted by Crippen LogP contribution is 2.37. The Balaban J connectivity index is 2.20. The van der Waals surface area contributed by atoms with E-state index in [0.29, 0.717) is 0 Å². The fourth-order valence-corrected chi connectivity index (χ4v) is 3.59. The quantitative estimate of drug-likeness (QED) is 0.410. The van der Waals surface area contributed by atoms with Crippen molar-refractivity contribution >= 4 is 43.6 Å². The summed E-state index contributed by atoms with van der Waals surface area (Å²) in [6, 6.07) is 21.6. The standard InChI is InChI=1S/C19H14N2/c1-21-16-9-5-3-7-13(16)19-17(21)11-10-15-18(19)12-6-2-4-8-14(12)20-15/h2-11,20H,1H3. The van der Waals surface area contributed by atoms with E-state index < -0.39 is 0 Å². The number of aryl methyl sites for hydroxylation is 1. The van der Waals surface area contributed by atoms with Gasteiger partial charge >= 0.3 is 0 Å². The molecule has 2 heterocycles. The van der Waals surface area contributed by atoms with Crippen molar-refractivity contribution in [2.75, 3.05) is 0 Å². The van der Waals surface area contributed by atoms with Crippen molar-refractivity contribution in [2.24, 2.45) is 7.05 Å². The second-order valence-electron chi connectivity index (χ2n) is 5.63. The van der Waals surface area contributed by atoms with E-state index in [1.54, 1.807) is 0 Å². The summed E-state index contributed by atoms with van der Waals surface area (Å²) in [5.41, 5.74) is 4.98. The zero-order valence-electron chi connectivity index (χ0n) is 11.7. The first kappa shape index (κ1) is 11.0. The van der Waals surface area contributed by atoms with Crippen molar-refractivity contribution in [3.8, 4) is 0 Å². The highest BCUT2D eigenvalue weighted by atomic mass is 14.9. The molecule has 2 heteroatoms. The average Bonchev–Trinajstić information content (AvgIpc) is 3.04. The molecule has 0 fully saturated rings. The lowest BCUT2D eigenvalue weighted by atomic mass is 10.1. The van der Waals surface area contributed by atoms with Crippen LogP contribution < -0.4 is 0 Å². The Morgan fingerprint density at radius 2 is 1.43 bits per heavy atom. The normalized spacial score (nSPS) is 12.0. The van der Waals surface area contributed by atoms with Crippen molar-refractivity contribution in [3.05, 3.63) is 60.7 Å². The van der Waals surface area contributed by atoms with Crippen LogP contribution in [0.2, 0.25) is 0 Å². The van der Waals surface area contributed by atoms with Crippen LogP contribution in [0.1, 0.15) is 0 Å². The van der Waals surface area contributed by atoms with Gasteiger partial charge in [0.05, 0.1) is 0 Å². The number of hydrogen-bond donors (Lipinski definition) is 1. The summed E-state index contributed by atoms with van der Waals surface area (Å²) in [5.74, 6) is 0. The molecule has 0 saturated heterocycles. The van der Waals surface area contributed by atoms with Crippen molar-refractivity contribution in [3.63, 3.8) is 0 Å². The zero-order valence-corrected chi connectivity index (χ0v) is 11.7. The van der Waals surface area contributed by atoms with Gasteiger partial charge in [-0.25, -0.2) is 0 Å². The molecule has 0 spiro atoms. The van der Waals surface area contributed by atoms with Gasteiger partial charge < -0.3 is 9.55 Å². The number of H-pyrrole nitrogens is 1. The molecule has 1 N–H and O–H groups in total. The van der Waals surface area contributed by atoms with Crippen LogP contribution in [0.3, 0.4) is 0 Å². The predicted octanol–water partition coefficient (Wildman–Crippen LogP) is 4.97. The van der Waals surface area contributed by atoms with Crippen LogP contribution in [-0.2, 0) is 7.05 Å². The van der Waals surface area contributed by atoms with Crippen LogP contribution in [0, 0.1) is 0 Å². The molecule has 0 saturated carbocycles. The van der Waals surface area contributed by atoms with E-state index in [1.807, 2.05) is 0 Å². The first-order valence-corrected chi connectivity index (χ1v) is 7.21. The molecule has 21 heavy (non-hydrogen) atoms. The van der Waals surface area contributed by atoms with E-state index >= 15 is 0 Å². The third kappa shape index (κ3) is 1.27. The number of fused-ring (bicyclic) bond motifs is 7. The van der Waals surface area contributed by atoms with Gasteiger partial charge in [0.1, 0.15) is 0 Å². The maximum atomic E-state index is 3.53. The highest BCUT2D eigenvalue weighted by Gasteiger charge is 2.14. The van der Waals surface area contributed by atoms with E-state index in [1.165, 1.54) is 43.6 Å². The summed E-state index contributed by atoms with van der Waals surface area (Å²) in [6.45, 7) is 0. The molecule has 100 valence electrons. The molecule has 0 aliphatic carbocycles. The second kappa shape index (κ2) is 3.67. The van der Waals surface area contributed by atoms with Crippen LogP contribution in [0.15, 0.2) is 60.7 Å². The lowest BCUT2D eigenvalue weighted by Crippen LogP contribution is -1.85. The number of aromatic nitrogens is 2. The molecule has 0 bridgehead atoms. The highest BCUT2D eigenvalue weighted by molar-refractivity contribution is 6.27. The molecular formula is C19H14N2. The SMILES string of the molecule is Cn1c2ccccc2c2c3c(ccc21)[nH]c1ccccc13. The molecule has 5 aromatic rings. The summed E-state index contributed by atoms with van der Waals surface area (Å²) in [7, 11) is 2.14. The first-order chi connectivity index (χ1) is 10.3. The van der Waals surface area contributed by atoms with Gasteiger partial charge in [-0.3, -0.25) is 0 Å². The van der Waals surface area contributed by atoms with Gasteiger partial charge in [-0.1, -0.05) is 36.4 Å². The lowest BCUT2D eigenvalue weighted by molar-refractivity contribution is 1.01. The molecule has 0 radical (unpaired) electrons. The molecule has 0 unspecified atom stereocenters. The summed E-state index contributed by atoms with van der Waals surface area (Å²) < 4.78 is 2.28. The Hall–Kier alpha value is -2.74. The van der Waals surface area contributed by atoms with E-state index in [0.717, 1.165) is 0 Å². The Morgan fingerprint density at radius 3 is 2.33 bits per heavy atom. The molecule has 0 amide bonds. The van der Waals surface area contributed by atoms with Crippen LogP contribution in [0.4, 0.5) is 0 Å². The van der Waals surface area contributed by atoms with Gasteiger partial charge in [-0.15, -0.1) is 0 Å². The minimum atomic E-state index is 1.20. The molecule has 3 aromatic carbocycles. The van der Waals surface area contributed by atoms with E-state index in [2.05, 4.69) is 77.3 Å². The number of benzene rings is 3. The monoisotopic (exact) mass is 270 g/mol. The topological polar surface area (TPSA) is 20.7 Å². The number of hydrogen-bond acceptors (Lipinski definition) is 0. The van der Waals surface area contributed by atoms with Gasteiger partial charge in [0, 0.05) is 50.7 Å². The van der Waals surface area contributed by atoms with Crippen LogP contribution in [0.5, 0.6) is 0 Å². The Labute approximate surface area is 121 Å². The van der Waals surface area contributed by atoms with Crippen molar-refractivity contribution in [1.29, 1.82) is 0 Å². The van der Waals surface area contributed by atoms with Crippen LogP contribution in [-0.4, -0.2) is 9.55 Å². The molecule has 2 nitrogen and oxygen atoms in total. The minimum absolute atomic E-state index is 1.20. The summed E-state index contributed by atoms with van der Waals surface area (Å²) in [6.07, 6.45) is 0. The summed E-state index contributed by atoms with van der Waals surface area (Å²) in [4.78, 5) is 3.53. The number of nitrogens with one attached hydrogen (secondary N) is 1. The predicted molar refractivity (Wildman–Crippen MR) is 89.8 cm³/mol. The molecule has 0 atom stereocenters. The molecular weight excluding hydrogens is 256 g/mol. The van der Waals surface area contributed by atoms with E-state index in [9.17, 15) is 0 Å². The Bertz CT molecular complexity index is 1140. The fraction of sp³-hybridized carbons (Fsp3) is 0.0526. The Morgan fingerprint density at radius 1 is 0.667 bits per heavy atom. The molecule has 0 aliphatic heterocycles. The maximum Gasteiger partial charge on any atom is 0.0496 e. The van der Waals surface area contributed by atoms with E-state index in [-0.39, 0.29) is 0 Å². The van der Waals surface area contributed by atoms with Crippen LogP contribution >= 0.6 is 0 Å². The van der Waals surface area contributed by atoms with E-state index in [4.69, 9.17) is 0 Å². The first-order valence-electron chi connectivity index (χ1n) is 7.21. The second-order valence-corrected chi connectivity index (χ2v) is 5.63. The smallest absolute Gasteiger partial charge is 0.0496 e. The fourth-order valence-electron chi connectivity index (χ4n) is 3.59. The van der Waals surface area contributed by atoms with Crippen molar-refractivity contribution < 1.29 is 0 Å². The van der Waals surface area contributed by atoms with Gasteiger partial charge in [0.2, 0.25) is 0 Å². The van der Waals surface area contributed by atoms with Gasteiger partial charge in [0.15, 0.2) is 0 Å². The van der Waals surface area contributed by atoms with Crippen molar-refractivity contribution in [1.82, 2.24) is 9.55 Å². The number of nitrogens with zero attached hydrogens (tertiary/aromatic N) is 1. The minimum Gasteiger partial charge on any atom is -0.354 e. The van der Waals surface area contributed by atoms with Crippen LogP contribution in [0.25, 0.3) is 43.6 Å². The largest absolute Gasteiger partial charge is 0.354 e. The number of rotatable bonds is 0. The zero-order chi connectivity index (χ0) is 14.0. The van der Waals surface area contributed by atoms with Gasteiger partial charge in [-0.2, -0.15) is 0 Å². The molecule has 5 rings (SSSR count). The van der Waals surface area contributed by atoms with Gasteiger partial charge in [-0.05, 0) is 24.3 Å². The third-order valence-electron chi connectivity index (χ3n) is 4.55. The number of para-hydroxylation sites is 2. The van der Waals surface area contributed by atoms with Gasteiger partial charge in [0.25, 0.3) is 0 Å². The average molecular weight is 270 g/mol. The maximum absolute atomic E-state index is 3.53. The molecule has 2 aromatic heterocycles. The summed E-state index contributed by atoms with van der Waals surface area (Å²) >= 11 is 0. The third-order valence-corrected chi connectivity index (χ3v) is 4.55. The summed E-state index contributed by atoms with van der Waals surface area (Å²) in [5, 5.41) is 5.31.